The Morgan fingerprint density at radius 2 is 1.97 bits per heavy atom. The molecule has 1 saturated carbocycles. The quantitative estimate of drug-likeness (QED) is 0.490. The molecule has 0 bridgehead atoms. The number of anilines is 4. The number of rotatable bonds is 9. The molecule has 4 rings (SSSR count). The van der Waals surface area contributed by atoms with Crippen molar-refractivity contribution in [2.45, 2.75) is 25.8 Å². The van der Waals surface area contributed by atoms with E-state index in [0.717, 1.165) is 18.5 Å². The number of nitrogens with zero attached hydrogens (tertiary/aromatic N) is 4. The molecule has 11 nitrogen and oxygen atoms in total. The number of nitrogens with one attached hydrogen (secondary N) is 2. The molecule has 1 saturated heterocycles. The maximum absolute atomic E-state index is 12.1. The van der Waals surface area contributed by atoms with Crippen molar-refractivity contribution < 1.29 is 17.9 Å². The van der Waals surface area contributed by atoms with Crippen molar-refractivity contribution >= 4 is 39.1 Å². The summed E-state index contributed by atoms with van der Waals surface area (Å²) in [4.78, 5) is 22.4. The molecular formula is C21H29N7O4S. The number of methoxy groups -OCH3 is 1. The fraction of sp³-hybridized carbons (Fsp3) is 0.476. The van der Waals surface area contributed by atoms with Gasteiger partial charge in [0.2, 0.25) is 16.0 Å². The second kappa shape index (κ2) is 9.40. The van der Waals surface area contributed by atoms with Gasteiger partial charge in [0.25, 0.3) is 5.91 Å². The van der Waals surface area contributed by atoms with E-state index in [1.54, 1.807) is 14.0 Å². The van der Waals surface area contributed by atoms with Crippen LogP contribution in [0.5, 0.6) is 5.75 Å². The van der Waals surface area contributed by atoms with Crippen LogP contribution < -0.4 is 26.0 Å². The van der Waals surface area contributed by atoms with E-state index in [1.165, 1.54) is 10.5 Å². The van der Waals surface area contributed by atoms with E-state index >= 15 is 0 Å². The topological polar surface area (TPSA) is 143 Å². The summed E-state index contributed by atoms with van der Waals surface area (Å²) in [5, 5.41) is 6.36. The lowest BCUT2D eigenvalue weighted by molar-refractivity contribution is 0.100. The zero-order chi connectivity index (χ0) is 23.6. The Hall–Kier alpha value is -3.12. The highest BCUT2D eigenvalue weighted by Gasteiger charge is 2.27. The van der Waals surface area contributed by atoms with Crippen LogP contribution in [-0.4, -0.2) is 73.7 Å². The Morgan fingerprint density at radius 3 is 2.58 bits per heavy atom. The van der Waals surface area contributed by atoms with Crippen LogP contribution in [-0.2, 0) is 10.0 Å². The van der Waals surface area contributed by atoms with Crippen LogP contribution in [0.3, 0.4) is 0 Å². The van der Waals surface area contributed by atoms with E-state index in [1.807, 2.05) is 18.2 Å². The largest absolute Gasteiger partial charge is 0.495 e. The lowest BCUT2D eigenvalue weighted by Crippen LogP contribution is -2.49. The predicted octanol–water partition coefficient (Wildman–Crippen LogP) is 1.37. The highest BCUT2D eigenvalue weighted by molar-refractivity contribution is 7.89. The number of aromatic nitrogens is 2. The van der Waals surface area contributed by atoms with Crippen molar-refractivity contribution in [2.24, 2.45) is 5.73 Å². The average Bonchev–Trinajstić information content (AvgIpc) is 3.63. The number of ether oxygens (including phenoxy) is 1. The SMILES string of the molecule is CCS(=O)(=O)N1CCN(c2ccc(Nc3ncc(C(N)=O)c(NC4CC4)n3)cc2OC)CC1. The van der Waals surface area contributed by atoms with Gasteiger partial charge in [0.1, 0.15) is 11.6 Å². The number of carbonyl (C=O) groups excluding carboxylic acids is 1. The Labute approximate surface area is 193 Å². The fourth-order valence-electron chi connectivity index (χ4n) is 3.69. The minimum Gasteiger partial charge on any atom is -0.495 e. The van der Waals surface area contributed by atoms with Gasteiger partial charge in [0.15, 0.2) is 0 Å². The molecule has 1 aliphatic carbocycles. The van der Waals surface area contributed by atoms with Crippen molar-refractivity contribution in [2.75, 3.05) is 54.6 Å². The van der Waals surface area contributed by atoms with Crippen LogP contribution in [0.25, 0.3) is 0 Å². The van der Waals surface area contributed by atoms with E-state index in [2.05, 4.69) is 25.5 Å². The number of carbonyl (C=O) groups is 1. The number of sulfonamides is 1. The molecule has 2 fully saturated rings. The molecule has 12 heteroatoms. The lowest BCUT2D eigenvalue weighted by atomic mass is 10.2. The van der Waals surface area contributed by atoms with Gasteiger partial charge < -0.3 is 26.0 Å². The minimum atomic E-state index is -3.18. The zero-order valence-corrected chi connectivity index (χ0v) is 19.6. The molecule has 2 aliphatic rings. The highest BCUT2D eigenvalue weighted by atomic mass is 32.2. The monoisotopic (exact) mass is 475 g/mol. The summed E-state index contributed by atoms with van der Waals surface area (Å²) >= 11 is 0. The number of piperazine rings is 1. The standard InChI is InChI=1S/C21H29N7O4S/c1-3-33(30,31)28-10-8-27(9-11-28)17-7-6-15(12-18(17)32-2)25-21-23-13-16(19(22)29)20(26-21)24-14-4-5-14/h6-7,12-14H,3-5,8-11H2,1-2H3,(H2,22,29)(H2,23,24,25,26). The van der Waals surface area contributed by atoms with Crippen LogP contribution in [0.4, 0.5) is 23.1 Å². The van der Waals surface area contributed by atoms with Gasteiger partial charge >= 0.3 is 0 Å². The Kier molecular flexibility index (Phi) is 6.56. The minimum absolute atomic E-state index is 0.108. The molecule has 0 spiro atoms. The van der Waals surface area contributed by atoms with Gasteiger partial charge in [-0.2, -0.15) is 9.29 Å². The Morgan fingerprint density at radius 1 is 1.24 bits per heavy atom. The molecule has 2 heterocycles. The first-order chi connectivity index (χ1) is 15.8. The molecule has 2 aromatic rings. The molecule has 4 N–H and O–H groups in total. The summed E-state index contributed by atoms with van der Waals surface area (Å²) < 4.78 is 31.4. The van der Waals surface area contributed by atoms with Gasteiger partial charge in [0, 0.05) is 50.2 Å². The highest BCUT2D eigenvalue weighted by Crippen LogP contribution is 2.33. The summed E-state index contributed by atoms with van der Waals surface area (Å²) in [5.74, 6) is 0.929. The third-order valence-electron chi connectivity index (χ3n) is 5.75. The Bertz CT molecular complexity index is 1130. The molecule has 0 radical (unpaired) electrons. The fourth-order valence-corrected chi connectivity index (χ4v) is 4.77. The van der Waals surface area contributed by atoms with Crippen LogP contribution in [0.15, 0.2) is 24.4 Å². The number of amides is 1. The first-order valence-corrected chi connectivity index (χ1v) is 12.5. The number of primary amides is 1. The molecule has 1 aromatic carbocycles. The molecule has 178 valence electrons. The number of hydrogen-bond acceptors (Lipinski definition) is 9. The third-order valence-corrected chi connectivity index (χ3v) is 7.63. The summed E-state index contributed by atoms with van der Waals surface area (Å²) in [6, 6.07) is 5.95. The van der Waals surface area contributed by atoms with Gasteiger partial charge in [-0.05, 0) is 31.9 Å². The average molecular weight is 476 g/mol. The number of hydrogen-bond donors (Lipinski definition) is 3. The van der Waals surface area contributed by atoms with Crippen molar-refractivity contribution in [1.29, 1.82) is 0 Å². The smallest absolute Gasteiger partial charge is 0.254 e. The van der Waals surface area contributed by atoms with Crippen molar-refractivity contribution in [3.05, 3.63) is 30.0 Å². The van der Waals surface area contributed by atoms with Gasteiger partial charge in [-0.3, -0.25) is 4.79 Å². The second-order valence-electron chi connectivity index (χ2n) is 8.04. The van der Waals surface area contributed by atoms with Gasteiger partial charge in [-0.15, -0.1) is 0 Å². The van der Waals surface area contributed by atoms with Crippen LogP contribution in [0.1, 0.15) is 30.1 Å². The van der Waals surface area contributed by atoms with E-state index < -0.39 is 15.9 Å². The molecule has 1 aromatic heterocycles. The zero-order valence-electron chi connectivity index (χ0n) is 18.7. The van der Waals surface area contributed by atoms with Crippen LogP contribution in [0, 0.1) is 0 Å². The van der Waals surface area contributed by atoms with Gasteiger partial charge in [-0.25, -0.2) is 13.4 Å². The van der Waals surface area contributed by atoms with E-state index in [9.17, 15) is 13.2 Å². The molecule has 33 heavy (non-hydrogen) atoms. The number of benzene rings is 1. The van der Waals surface area contributed by atoms with Crippen molar-refractivity contribution in [1.82, 2.24) is 14.3 Å². The summed E-state index contributed by atoms with van der Waals surface area (Å²) in [7, 11) is -1.59. The molecular weight excluding hydrogens is 446 g/mol. The summed E-state index contributed by atoms with van der Waals surface area (Å²) in [6.45, 7) is 3.70. The molecule has 0 atom stereocenters. The predicted molar refractivity (Wildman–Crippen MR) is 127 cm³/mol. The molecule has 0 unspecified atom stereocenters. The third kappa shape index (κ3) is 5.28. The van der Waals surface area contributed by atoms with Crippen LogP contribution >= 0.6 is 0 Å². The van der Waals surface area contributed by atoms with Crippen molar-refractivity contribution in [3.63, 3.8) is 0 Å². The van der Waals surface area contributed by atoms with E-state index in [0.29, 0.717) is 55.4 Å². The number of nitrogens with two attached hydrogens (primary N) is 1. The summed E-state index contributed by atoms with van der Waals surface area (Å²) in [5.41, 5.74) is 7.30. The van der Waals surface area contributed by atoms with Crippen molar-refractivity contribution in [3.8, 4) is 5.75 Å². The van der Waals surface area contributed by atoms with Crippen LogP contribution in [0.2, 0.25) is 0 Å². The first kappa shape index (κ1) is 23.1. The lowest BCUT2D eigenvalue weighted by Gasteiger charge is -2.35. The van der Waals surface area contributed by atoms with Gasteiger partial charge in [0.05, 0.1) is 24.1 Å². The first-order valence-electron chi connectivity index (χ1n) is 10.9. The molecule has 1 aliphatic heterocycles. The van der Waals surface area contributed by atoms with E-state index in [4.69, 9.17) is 10.5 Å². The second-order valence-corrected chi connectivity index (χ2v) is 10.3. The normalized spacial score (nSPS) is 17.0. The van der Waals surface area contributed by atoms with E-state index in [-0.39, 0.29) is 11.3 Å². The molecule has 1 amide bonds. The van der Waals surface area contributed by atoms with Gasteiger partial charge in [-0.1, -0.05) is 0 Å². The maximum Gasteiger partial charge on any atom is 0.254 e. The Balaban J connectivity index is 1.49. The maximum atomic E-state index is 12.1. The summed E-state index contributed by atoms with van der Waals surface area (Å²) in [6.07, 6.45) is 3.47.